The number of rotatable bonds is 6. The molecule has 30 heavy (non-hydrogen) atoms. The Morgan fingerprint density at radius 3 is 1.97 bits per heavy atom. The third kappa shape index (κ3) is 4.05. The van der Waals surface area contributed by atoms with Crippen LogP contribution >= 0.6 is 0 Å². The number of nitrogens with two attached hydrogens (primary N) is 1. The zero-order valence-electron chi connectivity index (χ0n) is 16.2. The Morgan fingerprint density at radius 1 is 0.800 bits per heavy atom. The summed E-state index contributed by atoms with van der Waals surface area (Å²) < 4.78 is 0. The molecule has 3 N–H and O–H groups in total. The van der Waals surface area contributed by atoms with Crippen molar-refractivity contribution in [3.05, 3.63) is 114 Å². The zero-order chi connectivity index (χ0) is 20.9. The molecule has 4 aromatic rings. The summed E-state index contributed by atoms with van der Waals surface area (Å²) in [5, 5.41) is 3.69. The van der Waals surface area contributed by atoms with Crippen LogP contribution < -0.4 is 11.1 Å². The first kappa shape index (κ1) is 19.3. The molecule has 2 amide bonds. The first-order valence-electron chi connectivity index (χ1n) is 9.68. The van der Waals surface area contributed by atoms with Crippen LogP contribution in [0.4, 0.5) is 0 Å². The van der Waals surface area contributed by atoms with Crippen molar-refractivity contribution in [1.82, 2.24) is 10.3 Å². The molecular weight excluding hydrogens is 374 g/mol. The fourth-order valence-electron chi connectivity index (χ4n) is 3.64. The molecule has 0 saturated heterocycles. The van der Waals surface area contributed by atoms with E-state index in [1.807, 2.05) is 84.9 Å². The van der Waals surface area contributed by atoms with E-state index in [4.69, 9.17) is 5.73 Å². The van der Waals surface area contributed by atoms with Gasteiger partial charge in [0.2, 0.25) is 5.91 Å². The van der Waals surface area contributed by atoms with Crippen molar-refractivity contribution < 1.29 is 9.59 Å². The van der Waals surface area contributed by atoms with Crippen LogP contribution in [-0.4, -0.2) is 22.8 Å². The quantitative estimate of drug-likeness (QED) is 0.523. The number of primary amides is 1. The number of nitrogens with zero attached hydrogens (tertiary/aromatic N) is 1. The SMILES string of the molecule is NC(=O)[C@H](NC(=O)c1cnc2ccccc2c1)C(c1ccccc1)c1ccccc1. The Bertz CT molecular complexity index is 1140. The molecule has 5 heteroatoms. The molecule has 0 fully saturated rings. The van der Waals surface area contributed by atoms with E-state index in [1.165, 1.54) is 6.20 Å². The van der Waals surface area contributed by atoms with Crippen LogP contribution in [0.5, 0.6) is 0 Å². The molecule has 0 radical (unpaired) electrons. The zero-order valence-corrected chi connectivity index (χ0v) is 16.2. The third-order valence-corrected chi connectivity index (χ3v) is 5.10. The number of hydrogen-bond acceptors (Lipinski definition) is 3. The van der Waals surface area contributed by atoms with Crippen molar-refractivity contribution in [3.63, 3.8) is 0 Å². The van der Waals surface area contributed by atoms with E-state index in [-0.39, 0.29) is 0 Å². The smallest absolute Gasteiger partial charge is 0.253 e. The number of amides is 2. The van der Waals surface area contributed by atoms with Gasteiger partial charge in [-0.3, -0.25) is 14.6 Å². The van der Waals surface area contributed by atoms with Crippen molar-refractivity contribution >= 4 is 22.7 Å². The highest BCUT2D eigenvalue weighted by Gasteiger charge is 2.31. The van der Waals surface area contributed by atoms with Crippen LogP contribution in [-0.2, 0) is 4.79 Å². The molecule has 5 nitrogen and oxygen atoms in total. The van der Waals surface area contributed by atoms with Gasteiger partial charge < -0.3 is 11.1 Å². The number of carbonyl (C=O) groups is 2. The van der Waals surface area contributed by atoms with Crippen LogP contribution in [0, 0.1) is 0 Å². The van der Waals surface area contributed by atoms with Gasteiger partial charge in [-0.25, -0.2) is 0 Å². The Hall–Kier alpha value is -3.99. The molecule has 148 valence electrons. The predicted octanol–water partition coefficient (Wildman–Crippen LogP) is 3.65. The highest BCUT2D eigenvalue weighted by molar-refractivity contribution is 5.99. The first-order valence-corrected chi connectivity index (χ1v) is 9.68. The van der Waals surface area contributed by atoms with Gasteiger partial charge in [0.25, 0.3) is 5.91 Å². The number of para-hydroxylation sites is 1. The lowest BCUT2D eigenvalue weighted by Gasteiger charge is -2.26. The fraction of sp³-hybridized carbons (Fsp3) is 0.0800. The first-order chi connectivity index (χ1) is 14.6. The second-order valence-electron chi connectivity index (χ2n) is 7.07. The lowest BCUT2D eigenvalue weighted by Crippen LogP contribution is -2.48. The Morgan fingerprint density at radius 2 is 1.37 bits per heavy atom. The standard InChI is InChI=1S/C25H21N3O2/c26-24(29)23(22(17-9-3-1-4-10-17)18-11-5-2-6-12-18)28-25(30)20-15-19-13-7-8-14-21(19)27-16-20/h1-16,22-23H,(H2,26,29)(H,28,30)/t23-/m1/s1. The summed E-state index contributed by atoms with van der Waals surface area (Å²) in [6.07, 6.45) is 1.51. The van der Waals surface area contributed by atoms with Crippen LogP contribution in [0.15, 0.2) is 97.2 Å². The lowest BCUT2D eigenvalue weighted by atomic mass is 9.84. The predicted molar refractivity (Wildman–Crippen MR) is 117 cm³/mol. The van der Waals surface area contributed by atoms with Crippen LogP contribution in [0.1, 0.15) is 27.4 Å². The second kappa shape index (κ2) is 8.57. The number of nitrogens with one attached hydrogen (secondary N) is 1. The van der Waals surface area contributed by atoms with Gasteiger partial charge in [0, 0.05) is 17.5 Å². The molecule has 0 aliphatic carbocycles. The van der Waals surface area contributed by atoms with Crippen LogP contribution in [0.3, 0.4) is 0 Å². The van der Waals surface area contributed by atoms with Crippen molar-refractivity contribution in [2.75, 3.05) is 0 Å². The maximum atomic E-state index is 13.0. The molecule has 0 unspecified atom stereocenters. The van der Waals surface area contributed by atoms with Gasteiger partial charge in [0.1, 0.15) is 6.04 Å². The van der Waals surface area contributed by atoms with Crippen molar-refractivity contribution in [2.24, 2.45) is 5.73 Å². The normalized spacial score (nSPS) is 11.9. The second-order valence-corrected chi connectivity index (χ2v) is 7.07. The van der Waals surface area contributed by atoms with E-state index in [2.05, 4.69) is 10.3 Å². The van der Waals surface area contributed by atoms with Crippen LogP contribution in [0.25, 0.3) is 10.9 Å². The van der Waals surface area contributed by atoms with E-state index in [0.717, 1.165) is 22.0 Å². The average Bonchev–Trinajstić information content (AvgIpc) is 2.79. The minimum absolute atomic E-state index is 0.375. The highest BCUT2D eigenvalue weighted by atomic mass is 16.2. The van der Waals surface area contributed by atoms with Crippen molar-refractivity contribution in [1.29, 1.82) is 0 Å². The molecule has 0 aliphatic heterocycles. The number of aromatic nitrogens is 1. The topological polar surface area (TPSA) is 85.1 Å². The van der Waals surface area contributed by atoms with E-state index < -0.39 is 23.8 Å². The van der Waals surface area contributed by atoms with Gasteiger partial charge in [-0.2, -0.15) is 0 Å². The molecule has 4 rings (SSSR count). The summed E-state index contributed by atoms with van der Waals surface area (Å²) in [5.74, 6) is -1.41. The van der Waals surface area contributed by atoms with E-state index >= 15 is 0 Å². The molecule has 1 heterocycles. The van der Waals surface area contributed by atoms with E-state index in [9.17, 15) is 9.59 Å². The highest BCUT2D eigenvalue weighted by Crippen LogP contribution is 2.28. The van der Waals surface area contributed by atoms with Crippen LogP contribution in [0.2, 0.25) is 0 Å². The molecule has 0 bridgehead atoms. The lowest BCUT2D eigenvalue weighted by molar-refractivity contribution is -0.120. The summed E-state index contributed by atoms with van der Waals surface area (Å²) in [5.41, 5.74) is 8.72. The fourth-order valence-corrected chi connectivity index (χ4v) is 3.64. The summed E-state index contributed by atoms with van der Waals surface area (Å²) in [7, 11) is 0. The minimum atomic E-state index is -0.922. The molecule has 3 aromatic carbocycles. The number of pyridine rings is 1. The van der Waals surface area contributed by atoms with E-state index in [0.29, 0.717) is 5.56 Å². The summed E-state index contributed by atoms with van der Waals surface area (Å²) in [6.45, 7) is 0. The van der Waals surface area contributed by atoms with Gasteiger partial charge in [-0.1, -0.05) is 78.9 Å². The Kier molecular flexibility index (Phi) is 5.52. The molecule has 0 aliphatic rings. The average molecular weight is 395 g/mol. The molecular formula is C25H21N3O2. The largest absolute Gasteiger partial charge is 0.368 e. The number of hydrogen-bond donors (Lipinski definition) is 2. The molecule has 1 aromatic heterocycles. The molecule has 1 atom stereocenters. The summed E-state index contributed by atoms with van der Waals surface area (Å²) in [4.78, 5) is 29.8. The van der Waals surface area contributed by atoms with Crippen molar-refractivity contribution in [3.8, 4) is 0 Å². The van der Waals surface area contributed by atoms with E-state index in [1.54, 1.807) is 6.07 Å². The Balaban J connectivity index is 1.70. The van der Waals surface area contributed by atoms with Crippen molar-refractivity contribution in [2.45, 2.75) is 12.0 Å². The Labute approximate surface area is 174 Å². The van der Waals surface area contributed by atoms with Gasteiger partial charge in [0.15, 0.2) is 0 Å². The maximum Gasteiger partial charge on any atom is 0.253 e. The number of fused-ring (bicyclic) bond motifs is 1. The third-order valence-electron chi connectivity index (χ3n) is 5.10. The molecule has 0 saturated carbocycles. The summed E-state index contributed by atoms with van der Waals surface area (Å²) in [6, 6.07) is 27.5. The van der Waals surface area contributed by atoms with Gasteiger partial charge >= 0.3 is 0 Å². The minimum Gasteiger partial charge on any atom is -0.368 e. The number of benzene rings is 3. The number of carbonyl (C=O) groups excluding carboxylic acids is 2. The maximum absolute atomic E-state index is 13.0. The monoisotopic (exact) mass is 395 g/mol. The molecule has 0 spiro atoms. The van der Waals surface area contributed by atoms with Gasteiger partial charge in [-0.05, 0) is 23.3 Å². The van der Waals surface area contributed by atoms with Gasteiger partial charge in [-0.15, -0.1) is 0 Å². The van der Waals surface area contributed by atoms with Gasteiger partial charge in [0.05, 0.1) is 11.1 Å². The summed E-state index contributed by atoms with van der Waals surface area (Å²) >= 11 is 0.